The van der Waals surface area contributed by atoms with Crippen LogP contribution in [0.2, 0.25) is 0 Å². The highest BCUT2D eigenvalue weighted by molar-refractivity contribution is 6.23. The second kappa shape index (κ2) is 14.2. The van der Waals surface area contributed by atoms with Crippen molar-refractivity contribution in [3.05, 3.63) is 206 Å². The minimum atomic E-state index is 0.526. The molecule has 0 radical (unpaired) electrons. The van der Waals surface area contributed by atoms with E-state index in [-0.39, 0.29) is 0 Å². The van der Waals surface area contributed by atoms with Crippen LogP contribution in [0.3, 0.4) is 0 Å². The summed E-state index contributed by atoms with van der Waals surface area (Å²) in [6.07, 6.45) is 0. The van der Waals surface area contributed by atoms with Gasteiger partial charge >= 0.3 is 0 Å². The fourth-order valence-corrected chi connectivity index (χ4v) is 9.76. The highest BCUT2D eigenvalue weighted by Gasteiger charge is 2.24. The van der Waals surface area contributed by atoms with Gasteiger partial charge in [-0.25, -0.2) is 9.97 Å². The lowest BCUT2D eigenvalue weighted by Crippen LogP contribution is -2.07. The van der Waals surface area contributed by atoms with Crippen molar-refractivity contribution in [2.24, 2.45) is 0 Å². The van der Waals surface area contributed by atoms with E-state index < -0.39 is 0 Å². The average Bonchev–Trinajstić information content (AvgIpc) is 4.16. The van der Waals surface area contributed by atoms with Crippen molar-refractivity contribution >= 4 is 76.6 Å². The smallest absolute Gasteiger partial charge is 0.238 e. The molecule has 5 heterocycles. The van der Waals surface area contributed by atoms with Crippen molar-refractivity contribution in [1.29, 1.82) is 0 Å². The molecule has 0 atom stereocenters. The van der Waals surface area contributed by atoms with Gasteiger partial charge in [0.15, 0.2) is 17.2 Å². The fourth-order valence-electron chi connectivity index (χ4n) is 9.76. The normalized spacial score (nSPS) is 11.9. The van der Waals surface area contributed by atoms with E-state index in [0.717, 1.165) is 105 Å². The van der Waals surface area contributed by atoms with Crippen molar-refractivity contribution in [1.82, 2.24) is 29.1 Å². The molecule has 0 spiro atoms. The van der Waals surface area contributed by atoms with Crippen LogP contribution in [-0.4, -0.2) is 29.1 Å². The average molecular weight is 847 g/mol. The molecule has 0 aliphatic carbocycles. The predicted molar refractivity (Wildman–Crippen MR) is 265 cm³/mol. The number of hydrogen-bond donors (Lipinski definition) is 0. The largest absolute Gasteiger partial charge is 0.456 e. The zero-order valence-electron chi connectivity index (χ0n) is 35.1. The molecule has 14 aromatic rings. The molecule has 0 bridgehead atoms. The van der Waals surface area contributed by atoms with E-state index in [1.54, 1.807) is 0 Å². The molecule has 8 heteroatoms. The minimum Gasteiger partial charge on any atom is -0.456 e. The first-order chi connectivity index (χ1) is 32.7. The van der Waals surface area contributed by atoms with Gasteiger partial charge in [0.1, 0.15) is 16.7 Å². The first kappa shape index (κ1) is 36.4. The molecule has 0 N–H and O–H groups in total. The number of oxazole rings is 1. The van der Waals surface area contributed by atoms with Gasteiger partial charge in [-0.2, -0.15) is 9.97 Å². The van der Waals surface area contributed by atoms with E-state index in [1.807, 2.05) is 72.8 Å². The zero-order chi connectivity index (χ0) is 43.3. The van der Waals surface area contributed by atoms with Gasteiger partial charge in [-0.1, -0.05) is 152 Å². The summed E-state index contributed by atoms with van der Waals surface area (Å²) in [7, 11) is 0. The number of hydrogen-bond acceptors (Lipinski definition) is 6. The summed E-state index contributed by atoms with van der Waals surface area (Å²) in [5.41, 5.74) is 13.0. The lowest BCUT2D eigenvalue weighted by atomic mass is 10.0. The predicted octanol–water partition coefficient (Wildman–Crippen LogP) is 14.8. The monoisotopic (exact) mass is 846 g/mol. The fraction of sp³-hybridized carbons (Fsp3) is 0. The third-order valence-corrected chi connectivity index (χ3v) is 12.8. The van der Waals surface area contributed by atoms with Crippen LogP contribution in [0.25, 0.3) is 134 Å². The maximum Gasteiger partial charge on any atom is 0.238 e. The van der Waals surface area contributed by atoms with E-state index in [0.29, 0.717) is 29.1 Å². The van der Waals surface area contributed by atoms with Crippen molar-refractivity contribution in [2.45, 2.75) is 0 Å². The lowest BCUT2D eigenvalue weighted by Gasteiger charge is -2.13. The van der Waals surface area contributed by atoms with Crippen molar-refractivity contribution in [2.75, 3.05) is 0 Å². The van der Waals surface area contributed by atoms with Crippen LogP contribution in [0, 0.1) is 0 Å². The second-order valence-electron chi connectivity index (χ2n) is 16.6. The standard InChI is InChI=1S/C58H34N6O2/c1-3-13-35(14-4-1)36-23-25-38(26-24-36)56-60-55(37-15-5-2-6-16-37)61-58(62-56)64-49-21-11-8-18-42(49)46-31-30-45-41-17-7-10-20-48(41)63(53(45)54(46)64)40-28-32-47-52(34-40)66-57(59-47)39-27-29-44-43-19-9-12-22-50(43)65-51(44)33-39/h1-34H. The first-order valence-corrected chi connectivity index (χ1v) is 22.0. The summed E-state index contributed by atoms with van der Waals surface area (Å²) in [6, 6.07) is 71.1. The topological polar surface area (TPSA) is 87.7 Å². The molecular formula is C58H34N6O2. The van der Waals surface area contributed by atoms with E-state index in [2.05, 4.69) is 143 Å². The molecule has 308 valence electrons. The Morgan fingerprint density at radius 1 is 0.318 bits per heavy atom. The highest BCUT2D eigenvalue weighted by atomic mass is 16.3. The van der Waals surface area contributed by atoms with Crippen LogP contribution >= 0.6 is 0 Å². The van der Waals surface area contributed by atoms with Crippen molar-refractivity contribution in [3.8, 4) is 57.0 Å². The number of fused-ring (bicyclic) bond motifs is 11. The van der Waals surface area contributed by atoms with Gasteiger partial charge in [0.05, 0.1) is 27.8 Å². The summed E-state index contributed by atoms with van der Waals surface area (Å²) < 4.78 is 17.4. The number of rotatable bonds is 6. The molecule has 0 aliphatic heterocycles. The Balaban J connectivity index is 0.996. The number of furan rings is 1. The van der Waals surface area contributed by atoms with Crippen LogP contribution in [0.5, 0.6) is 0 Å². The molecular weight excluding hydrogens is 813 g/mol. The number of para-hydroxylation sites is 3. The van der Waals surface area contributed by atoms with E-state index in [9.17, 15) is 0 Å². The van der Waals surface area contributed by atoms with Crippen molar-refractivity contribution in [3.63, 3.8) is 0 Å². The first-order valence-electron chi connectivity index (χ1n) is 22.0. The summed E-state index contributed by atoms with van der Waals surface area (Å²) in [5, 5.41) is 6.56. The molecule has 0 amide bonds. The molecule has 9 aromatic carbocycles. The number of aromatic nitrogens is 6. The SMILES string of the molecule is c1ccc(-c2ccc(-c3nc(-c4ccccc4)nc(-n4c5ccccc5c5ccc6c7ccccc7n(-c7ccc8nc(-c9ccc%10c(c9)oc9ccccc9%10)oc8c7)c6c54)n3)cc2)cc1. The minimum absolute atomic E-state index is 0.526. The molecule has 14 rings (SSSR count). The van der Waals surface area contributed by atoms with E-state index in [4.69, 9.17) is 28.8 Å². The molecule has 0 saturated heterocycles. The van der Waals surface area contributed by atoms with Gasteiger partial charge in [-0.15, -0.1) is 0 Å². The molecule has 0 fully saturated rings. The summed E-state index contributed by atoms with van der Waals surface area (Å²) in [4.78, 5) is 20.7. The highest BCUT2D eigenvalue weighted by Crippen LogP contribution is 2.42. The molecule has 0 aliphatic rings. The Bertz CT molecular complexity index is 4220. The maximum absolute atomic E-state index is 6.61. The second-order valence-corrected chi connectivity index (χ2v) is 16.6. The molecule has 8 nitrogen and oxygen atoms in total. The van der Waals surface area contributed by atoms with Crippen LogP contribution in [-0.2, 0) is 0 Å². The summed E-state index contributed by atoms with van der Waals surface area (Å²) in [5.74, 6) is 2.23. The van der Waals surface area contributed by atoms with E-state index >= 15 is 0 Å². The third kappa shape index (κ3) is 5.58. The number of nitrogens with zero attached hydrogens (tertiary/aromatic N) is 6. The molecule has 0 unspecified atom stereocenters. The Labute approximate surface area is 376 Å². The Kier molecular flexibility index (Phi) is 7.81. The number of benzene rings is 9. The Hall–Kier alpha value is -9.14. The summed E-state index contributed by atoms with van der Waals surface area (Å²) in [6.45, 7) is 0. The maximum atomic E-state index is 6.61. The van der Waals surface area contributed by atoms with Crippen LogP contribution in [0.4, 0.5) is 0 Å². The lowest BCUT2D eigenvalue weighted by molar-refractivity contribution is 0.619. The van der Waals surface area contributed by atoms with Gasteiger partial charge < -0.3 is 13.4 Å². The Morgan fingerprint density at radius 3 is 1.58 bits per heavy atom. The molecule has 66 heavy (non-hydrogen) atoms. The Morgan fingerprint density at radius 2 is 0.848 bits per heavy atom. The third-order valence-electron chi connectivity index (χ3n) is 12.8. The molecule has 0 saturated carbocycles. The van der Waals surface area contributed by atoms with Gasteiger partial charge in [0.25, 0.3) is 0 Å². The van der Waals surface area contributed by atoms with Crippen LogP contribution in [0.1, 0.15) is 0 Å². The van der Waals surface area contributed by atoms with E-state index in [1.165, 1.54) is 0 Å². The molecule has 5 aromatic heterocycles. The zero-order valence-corrected chi connectivity index (χ0v) is 35.1. The van der Waals surface area contributed by atoms with Gasteiger partial charge in [0.2, 0.25) is 11.8 Å². The summed E-state index contributed by atoms with van der Waals surface area (Å²) >= 11 is 0. The van der Waals surface area contributed by atoms with Gasteiger partial charge in [-0.3, -0.25) is 4.57 Å². The van der Waals surface area contributed by atoms with Crippen LogP contribution in [0.15, 0.2) is 215 Å². The van der Waals surface area contributed by atoms with Crippen molar-refractivity contribution < 1.29 is 8.83 Å². The van der Waals surface area contributed by atoms with Gasteiger partial charge in [-0.05, 0) is 59.7 Å². The van der Waals surface area contributed by atoms with Gasteiger partial charge in [0, 0.05) is 55.1 Å². The quantitative estimate of drug-likeness (QED) is 0.166. The van der Waals surface area contributed by atoms with Crippen LogP contribution < -0.4 is 0 Å².